The number of nitrogens with zero attached hydrogens (tertiary/aromatic N) is 3. The van der Waals surface area contributed by atoms with Gasteiger partial charge in [0.1, 0.15) is 4.21 Å². The van der Waals surface area contributed by atoms with Gasteiger partial charge in [0.2, 0.25) is 5.91 Å². The van der Waals surface area contributed by atoms with Crippen LogP contribution in [0.4, 0.5) is 0 Å². The average molecular weight is 406 g/mol. The Morgan fingerprint density at radius 1 is 1.20 bits per heavy atom. The van der Waals surface area contributed by atoms with Crippen molar-refractivity contribution in [3.05, 3.63) is 16.5 Å². The number of carbonyl (C=O) groups excluding carboxylic acids is 1. The van der Waals surface area contributed by atoms with Crippen LogP contribution < -0.4 is 0 Å². The molecule has 6 nitrogen and oxygen atoms in total. The molecule has 2 saturated heterocycles. The van der Waals surface area contributed by atoms with Crippen LogP contribution in [0.1, 0.15) is 26.2 Å². The van der Waals surface area contributed by atoms with Crippen LogP contribution in [0.5, 0.6) is 0 Å². The van der Waals surface area contributed by atoms with Crippen LogP contribution in [0.3, 0.4) is 0 Å². The van der Waals surface area contributed by atoms with Crippen molar-refractivity contribution in [2.24, 2.45) is 0 Å². The fraction of sp³-hybridized carbons (Fsp3) is 0.688. The van der Waals surface area contributed by atoms with E-state index in [1.807, 2.05) is 0 Å². The SMILES string of the molecule is C[C@H]1CCCCN1CC(=O)N1CCN(S(=O)(=O)c2ccc(Cl)s2)CC1. The van der Waals surface area contributed by atoms with Crippen LogP contribution in [0.2, 0.25) is 4.34 Å². The zero-order chi connectivity index (χ0) is 18.0. The summed E-state index contributed by atoms with van der Waals surface area (Å²) in [6, 6.07) is 3.58. The molecule has 2 fully saturated rings. The Hall–Kier alpha value is -0.670. The molecule has 1 aromatic heterocycles. The first-order valence-electron chi connectivity index (χ1n) is 8.65. The van der Waals surface area contributed by atoms with Crippen molar-refractivity contribution in [1.82, 2.24) is 14.1 Å². The lowest BCUT2D eigenvalue weighted by molar-refractivity contribution is -0.134. The van der Waals surface area contributed by atoms with Gasteiger partial charge in [-0.2, -0.15) is 4.31 Å². The zero-order valence-electron chi connectivity index (χ0n) is 14.4. The van der Waals surface area contributed by atoms with Gasteiger partial charge in [0.15, 0.2) is 0 Å². The molecular weight excluding hydrogens is 382 g/mol. The van der Waals surface area contributed by atoms with Gasteiger partial charge in [-0.15, -0.1) is 11.3 Å². The van der Waals surface area contributed by atoms with E-state index in [4.69, 9.17) is 11.6 Å². The molecule has 0 unspecified atom stereocenters. The largest absolute Gasteiger partial charge is 0.339 e. The van der Waals surface area contributed by atoms with Gasteiger partial charge in [0.05, 0.1) is 10.9 Å². The van der Waals surface area contributed by atoms with E-state index in [0.717, 1.165) is 30.7 Å². The molecule has 0 aliphatic carbocycles. The molecule has 0 N–H and O–H groups in total. The lowest BCUT2D eigenvalue weighted by Gasteiger charge is -2.37. The minimum Gasteiger partial charge on any atom is -0.339 e. The van der Waals surface area contributed by atoms with Gasteiger partial charge >= 0.3 is 0 Å². The Morgan fingerprint density at radius 2 is 1.92 bits per heavy atom. The lowest BCUT2D eigenvalue weighted by atomic mass is 10.0. The smallest absolute Gasteiger partial charge is 0.252 e. The predicted octanol–water partition coefficient (Wildman–Crippen LogP) is 2.11. The second-order valence-electron chi connectivity index (χ2n) is 6.66. The minimum atomic E-state index is -3.51. The second kappa shape index (κ2) is 7.92. The van der Waals surface area contributed by atoms with Crippen LogP contribution in [0.15, 0.2) is 16.3 Å². The third-order valence-corrected chi connectivity index (χ3v) is 8.61. The molecule has 1 aromatic rings. The van der Waals surface area contributed by atoms with Crippen molar-refractivity contribution in [2.75, 3.05) is 39.3 Å². The first-order chi connectivity index (χ1) is 11.9. The summed E-state index contributed by atoms with van der Waals surface area (Å²) >= 11 is 6.92. The zero-order valence-corrected chi connectivity index (χ0v) is 16.7. The van der Waals surface area contributed by atoms with E-state index in [9.17, 15) is 13.2 Å². The summed E-state index contributed by atoms with van der Waals surface area (Å²) < 4.78 is 27.4. The van der Waals surface area contributed by atoms with Crippen molar-refractivity contribution >= 4 is 38.9 Å². The molecule has 9 heteroatoms. The van der Waals surface area contributed by atoms with Gasteiger partial charge in [-0.3, -0.25) is 9.69 Å². The maximum absolute atomic E-state index is 12.6. The first-order valence-corrected chi connectivity index (χ1v) is 11.3. The number of sulfonamides is 1. The van der Waals surface area contributed by atoms with E-state index < -0.39 is 10.0 Å². The summed E-state index contributed by atoms with van der Waals surface area (Å²) in [7, 11) is -3.51. The van der Waals surface area contributed by atoms with Gasteiger partial charge in [-0.1, -0.05) is 18.0 Å². The van der Waals surface area contributed by atoms with Gasteiger partial charge in [-0.25, -0.2) is 8.42 Å². The maximum atomic E-state index is 12.6. The molecule has 0 aromatic carbocycles. The summed E-state index contributed by atoms with van der Waals surface area (Å²) in [5.41, 5.74) is 0. The fourth-order valence-corrected chi connectivity index (χ4v) is 6.47. The molecule has 1 atom stereocenters. The number of hydrogen-bond acceptors (Lipinski definition) is 5. The van der Waals surface area contributed by atoms with Crippen LogP contribution in [0, 0.1) is 0 Å². The Labute approximate surface area is 158 Å². The summed E-state index contributed by atoms with van der Waals surface area (Å²) in [5.74, 6) is 0.102. The second-order valence-corrected chi connectivity index (χ2v) is 10.5. The first kappa shape index (κ1) is 19.1. The summed E-state index contributed by atoms with van der Waals surface area (Å²) in [6.45, 7) is 5.13. The number of halogens is 1. The monoisotopic (exact) mass is 405 g/mol. The Bertz CT molecular complexity index is 714. The molecule has 25 heavy (non-hydrogen) atoms. The van der Waals surface area contributed by atoms with Crippen LogP contribution in [0.25, 0.3) is 0 Å². The van der Waals surface area contributed by atoms with E-state index in [-0.39, 0.29) is 10.1 Å². The number of hydrogen-bond donors (Lipinski definition) is 0. The molecule has 0 radical (unpaired) electrons. The molecular formula is C16H24ClN3O3S2. The molecule has 3 rings (SSSR count). The number of amides is 1. The number of piperidine rings is 1. The number of piperazine rings is 1. The van der Waals surface area contributed by atoms with Crippen molar-refractivity contribution in [2.45, 2.75) is 36.4 Å². The summed E-state index contributed by atoms with van der Waals surface area (Å²) in [6.07, 6.45) is 3.52. The third kappa shape index (κ3) is 4.36. The van der Waals surface area contributed by atoms with E-state index in [2.05, 4.69) is 11.8 Å². The summed E-state index contributed by atoms with van der Waals surface area (Å²) in [5, 5.41) is 0. The predicted molar refractivity (Wildman–Crippen MR) is 99.6 cm³/mol. The highest BCUT2D eigenvalue weighted by Crippen LogP contribution is 2.28. The van der Waals surface area contributed by atoms with Crippen LogP contribution >= 0.6 is 22.9 Å². The molecule has 0 saturated carbocycles. The molecule has 2 aliphatic heterocycles. The minimum absolute atomic E-state index is 0.102. The maximum Gasteiger partial charge on any atom is 0.252 e. The Morgan fingerprint density at radius 3 is 2.52 bits per heavy atom. The highest BCUT2D eigenvalue weighted by Gasteiger charge is 2.32. The third-order valence-electron chi connectivity index (χ3n) is 5.01. The van der Waals surface area contributed by atoms with E-state index >= 15 is 0 Å². The highest BCUT2D eigenvalue weighted by atomic mass is 35.5. The molecule has 3 heterocycles. The van der Waals surface area contributed by atoms with Crippen LogP contribution in [-0.4, -0.2) is 73.7 Å². The van der Waals surface area contributed by atoms with E-state index in [1.54, 1.807) is 11.0 Å². The van der Waals surface area contributed by atoms with Crippen molar-refractivity contribution in [3.63, 3.8) is 0 Å². The average Bonchev–Trinajstić information content (AvgIpc) is 3.04. The number of rotatable bonds is 4. The number of likely N-dealkylation sites (tertiary alicyclic amines) is 1. The van der Waals surface area contributed by atoms with Crippen molar-refractivity contribution < 1.29 is 13.2 Å². The Balaban J connectivity index is 1.55. The van der Waals surface area contributed by atoms with Gasteiger partial charge in [0.25, 0.3) is 10.0 Å². The van der Waals surface area contributed by atoms with Crippen molar-refractivity contribution in [3.8, 4) is 0 Å². The quantitative estimate of drug-likeness (QED) is 0.769. The van der Waals surface area contributed by atoms with E-state index in [0.29, 0.717) is 43.1 Å². The van der Waals surface area contributed by atoms with Gasteiger partial charge in [-0.05, 0) is 38.4 Å². The molecule has 140 valence electrons. The molecule has 0 spiro atoms. The van der Waals surface area contributed by atoms with Crippen LogP contribution in [-0.2, 0) is 14.8 Å². The number of thiophene rings is 1. The topological polar surface area (TPSA) is 60.9 Å². The highest BCUT2D eigenvalue weighted by molar-refractivity contribution is 7.91. The van der Waals surface area contributed by atoms with Gasteiger partial charge < -0.3 is 4.90 Å². The van der Waals surface area contributed by atoms with Crippen molar-refractivity contribution in [1.29, 1.82) is 0 Å². The number of carbonyl (C=O) groups is 1. The fourth-order valence-electron chi connectivity index (χ4n) is 3.41. The van der Waals surface area contributed by atoms with Gasteiger partial charge in [0, 0.05) is 32.2 Å². The standard InChI is InChI=1S/C16H24ClN3O3S2/c1-13-4-2-3-7-19(13)12-15(21)18-8-10-20(11-9-18)25(22,23)16-6-5-14(17)24-16/h5-6,13H,2-4,7-12H2,1H3/t13-/m0/s1. The molecule has 1 amide bonds. The normalized spacial score (nSPS) is 23.8. The molecule has 0 bridgehead atoms. The van der Waals surface area contributed by atoms with E-state index in [1.165, 1.54) is 16.8 Å². The lowest BCUT2D eigenvalue weighted by Crippen LogP contribution is -2.53. The molecule has 2 aliphatic rings. The Kier molecular flexibility index (Phi) is 6.05. The summed E-state index contributed by atoms with van der Waals surface area (Å²) in [4.78, 5) is 16.6.